The topological polar surface area (TPSA) is 247 Å². The molecule has 1 amide bonds. The molecule has 0 spiro atoms. The van der Waals surface area contributed by atoms with Gasteiger partial charge in [0.15, 0.2) is 30.3 Å². The molecule has 3 N–H and O–H groups in total. The molecule has 1 unspecified atom stereocenters. The number of ether oxygens (including phenoxy) is 11. The summed E-state index contributed by atoms with van der Waals surface area (Å²) >= 11 is 0. The van der Waals surface area contributed by atoms with Crippen molar-refractivity contribution in [2.45, 2.75) is 251 Å². The lowest BCUT2D eigenvalue weighted by atomic mass is 9.74. The zero-order valence-electron chi connectivity index (χ0n) is 49.9. The van der Waals surface area contributed by atoms with Crippen molar-refractivity contribution >= 4 is 29.5 Å². The van der Waals surface area contributed by atoms with E-state index in [0.717, 1.165) is 32.1 Å². The predicted octanol–water partition coefficient (Wildman–Crippen LogP) is 6.34. The molecular formula is C57H99N3O18. The van der Waals surface area contributed by atoms with Gasteiger partial charge in [-0.25, -0.2) is 4.79 Å². The van der Waals surface area contributed by atoms with Crippen molar-refractivity contribution in [1.29, 1.82) is 0 Å². The highest BCUT2D eigenvalue weighted by Gasteiger charge is 2.53. The van der Waals surface area contributed by atoms with Crippen LogP contribution in [0.15, 0.2) is 5.16 Å². The van der Waals surface area contributed by atoms with Gasteiger partial charge in [0.2, 0.25) is 0 Å². The largest absolute Gasteiger partial charge is 0.461 e. The van der Waals surface area contributed by atoms with E-state index in [1.54, 1.807) is 34.6 Å². The van der Waals surface area contributed by atoms with Crippen molar-refractivity contribution in [3.8, 4) is 0 Å². The van der Waals surface area contributed by atoms with Crippen LogP contribution in [0.3, 0.4) is 0 Å². The van der Waals surface area contributed by atoms with Crippen molar-refractivity contribution < 1.29 is 86.3 Å². The minimum atomic E-state index is -1.90. The summed E-state index contributed by atoms with van der Waals surface area (Å²) in [6.07, 6.45) is -8.65. The number of methoxy groups -OCH3 is 2. The van der Waals surface area contributed by atoms with Crippen LogP contribution >= 0.6 is 0 Å². The summed E-state index contributed by atoms with van der Waals surface area (Å²) in [6, 6.07) is -0.132. The zero-order chi connectivity index (χ0) is 57.9. The predicted molar refractivity (Wildman–Crippen MR) is 287 cm³/mol. The number of nitrogens with one attached hydrogen (secondary N) is 1. The van der Waals surface area contributed by atoms with Crippen LogP contribution in [0, 0.1) is 41.4 Å². The third kappa shape index (κ3) is 17.0. The van der Waals surface area contributed by atoms with Crippen molar-refractivity contribution in [1.82, 2.24) is 10.2 Å². The normalized spacial score (nSPS) is 41.3. The maximum atomic E-state index is 15.8. The first-order valence-corrected chi connectivity index (χ1v) is 28.8. The van der Waals surface area contributed by atoms with Gasteiger partial charge in [0.05, 0.1) is 54.7 Å². The quantitative estimate of drug-likeness (QED) is 0.0867. The molecule has 450 valence electrons. The third-order valence-corrected chi connectivity index (χ3v) is 16.9. The maximum Gasteiger partial charge on any atom is 0.408 e. The molecule has 78 heavy (non-hydrogen) atoms. The Morgan fingerprint density at radius 1 is 0.808 bits per heavy atom. The molecule has 0 radical (unpaired) electrons. The minimum Gasteiger partial charge on any atom is -0.461 e. The number of aliphatic hydroxyl groups excluding tert-OH is 2. The van der Waals surface area contributed by atoms with Crippen LogP contribution in [-0.4, -0.2) is 190 Å². The fourth-order valence-corrected chi connectivity index (χ4v) is 12.4. The Kier molecular flexibility index (Phi) is 25.1. The lowest BCUT2D eigenvalue weighted by Gasteiger charge is -2.45. The van der Waals surface area contributed by atoms with Crippen molar-refractivity contribution in [3.63, 3.8) is 0 Å². The first-order valence-electron chi connectivity index (χ1n) is 28.8. The van der Waals surface area contributed by atoms with Crippen LogP contribution < -0.4 is 5.32 Å². The third-order valence-electron chi connectivity index (χ3n) is 16.9. The molecule has 21 heteroatoms. The Labute approximate surface area is 464 Å². The molecule has 22 atom stereocenters. The Hall–Kier alpha value is -3.09. The number of nitrogens with zero attached hydrogens (tertiary/aromatic N) is 2. The zero-order valence-corrected chi connectivity index (χ0v) is 49.9. The van der Waals surface area contributed by atoms with E-state index in [9.17, 15) is 19.8 Å². The van der Waals surface area contributed by atoms with E-state index in [2.05, 4.69) is 22.3 Å². The van der Waals surface area contributed by atoms with Gasteiger partial charge in [-0.1, -0.05) is 72.9 Å². The van der Waals surface area contributed by atoms with E-state index < -0.39 is 145 Å². The lowest BCUT2D eigenvalue weighted by molar-refractivity contribution is -0.305. The highest BCUT2D eigenvalue weighted by Crippen LogP contribution is 2.41. The number of hydrogen-bond acceptors (Lipinski definition) is 20. The van der Waals surface area contributed by atoms with E-state index in [4.69, 9.17) is 56.9 Å². The van der Waals surface area contributed by atoms with Gasteiger partial charge in [0.1, 0.15) is 43.7 Å². The molecule has 0 aromatic carbocycles. The standard InChI is InChI=1S/C57H99N3O18/c1-29(2)23-42(61)74-48-36(9)47(31(4)28-70-55-51(68-16)50(67-15)44(62)39(12)73-55)76-53(65)38(11)49(75-43-24-32(5)60(14)27-34(7)71-43)35(8)46(77-54-45(63)41(59-69-17)25-33(6)72-54)30(3)26-57(13,52(64)37(48)10)78-56(66)58-40-21-19-18-20-22-40/h29-40,43-51,54-55,62-63H,18-28H2,1-17H3,(H,58,66)/b59-41+/t30-,31-,32?,33+,34-,35+,36-,37+,38+,39+,43-,44+,45+,46-,47+,48+,49-,50+,51+,54-,55+,57-/m0/s1. The van der Waals surface area contributed by atoms with Crippen molar-refractivity contribution in [3.05, 3.63) is 0 Å². The molecule has 4 aliphatic heterocycles. The Morgan fingerprint density at radius 3 is 2.10 bits per heavy atom. The number of amides is 1. The van der Waals surface area contributed by atoms with Gasteiger partial charge in [-0.15, -0.1) is 0 Å². The van der Waals surface area contributed by atoms with Crippen molar-refractivity contribution in [2.24, 2.45) is 46.6 Å². The van der Waals surface area contributed by atoms with Crippen LogP contribution in [0.25, 0.3) is 0 Å². The van der Waals surface area contributed by atoms with Gasteiger partial charge in [-0.2, -0.15) is 0 Å². The number of ketones is 1. The Morgan fingerprint density at radius 2 is 1.47 bits per heavy atom. The number of cyclic esters (lactones) is 1. The fraction of sp³-hybridized carbons (Fsp3) is 0.912. The molecule has 5 aliphatic rings. The van der Waals surface area contributed by atoms with Crippen molar-refractivity contribution in [2.75, 3.05) is 41.5 Å². The van der Waals surface area contributed by atoms with E-state index >= 15 is 9.59 Å². The highest BCUT2D eigenvalue weighted by atomic mass is 16.7. The molecule has 5 rings (SSSR count). The average Bonchev–Trinajstić information content (AvgIpc) is 3.54. The number of carbonyl (C=O) groups is 4. The van der Waals surface area contributed by atoms with Gasteiger partial charge >= 0.3 is 18.0 Å². The number of esters is 2. The molecular weight excluding hydrogens is 1010 g/mol. The molecule has 1 aliphatic carbocycles. The van der Waals surface area contributed by atoms with Gasteiger partial charge < -0.3 is 77.4 Å². The van der Waals surface area contributed by atoms with Crippen LogP contribution in [-0.2, 0) is 71.3 Å². The Balaban J connectivity index is 1.70. The maximum absolute atomic E-state index is 15.8. The van der Waals surface area contributed by atoms with Gasteiger partial charge in [0.25, 0.3) is 0 Å². The minimum absolute atomic E-state index is 0.0241. The summed E-state index contributed by atoms with van der Waals surface area (Å²) in [5.41, 5.74) is -1.60. The molecule has 4 saturated heterocycles. The SMILES string of the molecule is CO/N=C1\C[C@@H](C)O[C@@H](O[C@@H]2[C@@H](C)[C@H](O[C@H]3CC(C)N(C)C[C@H](C)O3)[C@@H](C)C(=O)O[C@H]([C@@H](C)CO[C@@H]3O[C@H](C)[C@@H](O)[C@@H](OC)[C@H]3OC)[C@H](C)[C@@H](OC(=O)CC(C)C)[C@@H](C)C(=O)[C@@](C)(OC(=O)NC3CCCCC3)C[C@@H]2C)[C@@H]1O. The second-order valence-electron chi connectivity index (χ2n) is 24.1. The summed E-state index contributed by atoms with van der Waals surface area (Å²) in [5, 5.41) is 29.9. The van der Waals surface area contributed by atoms with Crippen LogP contribution in [0.2, 0.25) is 0 Å². The highest BCUT2D eigenvalue weighted by molar-refractivity contribution is 5.91. The molecule has 0 bridgehead atoms. The van der Waals surface area contributed by atoms with Crippen LogP contribution in [0.5, 0.6) is 0 Å². The first-order chi connectivity index (χ1) is 36.7. The second kappa shape index (κ2) is 29.8. The summed E-state index contributed by atoms with van der Waals surface area (Å²) in [7, 11) is 6.34. The Bertz CT molecular complexity index is 1940. The number of Topliss-reactive ketones (excluding diaryl/α,β-unsaturated/α-hetero) is 1. The number of rotatable bonds is 16. The van der Waals surface area contributed by atoms with E-state index in [1.165, 1.54) is 21.3 Å². The summed E-state index contributed by atoms with van der Waals surface area (Å²) in [4.78, 5) is 66.9. The lowest BCUT2D eigenvalue weighted by Crippen LogP contribution is -2.59. The summed E-state index contributed by atoms with van der Waals surface area (Å²) in [5.74, 6) is -7.14. The smallest absolute Gasteiger partial charge is 0.408 e. The molecule has 5 fully saturated rings. The monoisotopic (exact) mass is 1110 g/mol. The van der Waals surface area contributed by atoms with Crippen LogP contribution in [0.4, 0.5) is 4.79 Å². The molecule has 0 aromatic rings. The number of hydrogen-bond donors (Lipinski definition) is 3. The number of alkyl carbamates (subject to hydrolysis) is 1. The average molecular weight is 1110 g/mol. The van der Waals surface area contributed by atoms with Gasteiger partial charge in [0, 0.05) is 69.9 Å². The number of likely N-dealkylation sites (N-methyl/N-ethyl adjacent to an activating group) is 1. The number of oxime groups is 1. The van der Waals surface area contributed by atoms with Gasteiger partial charge in [-0.05, 0) is 79.7 Å². The number of carbonyl (C=O) groups excluding carboxylic acids is 4. The van der Waals surface area contributed by atoms with Gasteiger partial charge in [-0.3, -0.25) is 14.4 Å². The molecule has 1 saturated carbocycles. The summed E-state index contributed by atoms with van der Waals surface area (Å²) < 4.78 is 70.6. The number of aliphatic hydroxyl groups is 2. The molecule has 0 aromatic heterocycles. The van der Waals surface area contributed by atoms with E-state index in [-0.39, 0.29) is 50.0 Å². The van der Waals surface area contributed by atoms with Crippen LogP contribution in [0.1, 0.15) is 148 Å². The summed E-state index contributed by atoms with van der Waals surface area (Å²) in [6.45, 7) is 24.1. The molecule has 4 heterocycles. The first kappa shape index (κ1) is 65.7. The molecule has 21 nitrogen and oxygen atoms in total. The second-order valence-corrected chi connectivity index (χ2v) is 24.1. The fourth-order valence-electron chi connectivity index (χ4n) is 12.4. The van der Waals surface area contributed by atoms with E-state index in [1.807, 2.05) is 55.5 Å². The van der Waals surface area contributed by atoms with E-state index in [0.29, 0.717) is 18.7 Å².